The summed E-state index contributed by atoms with van der Waals surface area (Å²) in [7, 11) is 0. The maximum atomic E-state index is 12.2. The van der Waals surface area contributed by atoms with Crippen LogP contribution in [-0.4, -0.2) is 17.4 Å². The molecule has 2 unspecified atom stereocenters. The quantitative estimate of drug-likeness (QED) is 0.858. The van der Waals surface area contributed by atoms with E-state index in [4.69, 9.17) is 5.73 Å². The van der Waals surface area contributed by atoms with Gasteiger partial charge in [0, 0.05) is 11.6 Å². The molecule has 2 rings (SSSR count). The number of nitrogens with zero attached hydrogens (tertiary/aromatic N) is 1. The molecule has 1 fully saturated rings. The Balaban J connectivity index is 2.06. The monoisotopic (exact) mass is 247 g/mol. The van der Waals surface area contributed by atoms with Crippen molar-refractivity contribution in [3.8, 4) is 0 Å². The van der Waals surface area contributed by atoms with Crippen molar-refractivity contribution >= 4 is 11.7 Å². The average molecular weight is 247 g/mol. The van der Waals surface area contributed by atoms with Gasteiger partial charge in [0.05, 0.1) is 0 Å². The highest BCUT2D eigenvalue weighted by Crippen LogP contribution is 2.31. The fourth-order valence-corrected chi connectivity index (χ4v) is 2.79. The molecule has 18 heavy (non-hydrogen) atoms. The molecule has 2 atom stereocenters. The molecular weight excluding hydrogens is 226 g/mol. The minimum absolute atomic E-state index is 0.0534. The highest BCUT2D eigenvalue weighted by Gasteiger charge is 2.32. The molecule has 1 aliphatic carbocycles. The zero-order chi connectivity index (χ0) is 13.1. The molecule has 1 amide bonds. The SMILES string of the molecule is Cc1cc(C)nc(NC(=O)C2CCCC2CN)c1. The van der Waals surface area contributed by atoms with E-state index in [1.165, 1.54) is 0 Å². The number of nitrogens with one attached hydrogen (secondary N) is 1. The van der Waals surface area contributed by atoms with Gasteiger partial charge in [0.15, 0.2) is 0 Å². The Morgan fingerprint density at radius 1 is 1.44 bits per heavy atom. The summed E-state index contributed by atoms with van der Waals surface area (Å²) >= 11 is 0. The smallest absolute Gasteiger partial charge is 0.228 e. The number of aryl methyl sites for hydroxylation is 2. The number of anilines is 1. The number of aromatic nitrogens is 1. The van der Waals surface area contributed by atoms with E-state index in [9.17, 15) is 4.79 Å². The summed E-state index contributed by atoms with van der Waals surface area (Å²) < 4.78 is 0. The van der Waals surface area contributed by atoms with Gasteiger partial charge < -0.3 is 11.1 Å². The van der Waals surface area contributed by atoms with E-state index in [0.29, 0.717) is 18.3 Å². The lowest BCUT2D eigenvalue weighted by Gasteiger charge is -2.17. The summed E-state index contributed by atoms with van der Waals surface area (Å²) in [6.45, 7) is 4.53. The number of pyridine rings is 1. The number of rotatable bonds is 3. The van der Waals surface area contributed by atoms with Crippen molar-refractivity contribution in [3.05, 3.63) is 23.4 Å². The number of carbonyl (C=O) groups excluding carboxylic acids is 1. The van der Waals surface area contributed by atoms with Crippen LogP contribution in [0.5, 0.6) is 0 Å². The number of nitrogens with two attached hydrogens (primary N) is 1. The molecule has 3 N–H and O–H groups in total. The van der Waals surface area contributed by atoms with Crippen molar-refractivity contribution in [2.24, 2.45) is 17.6 Å². The molecule has 0 aromatic carbocycles. The Hall–Kier alpha value is -1.42. The zero-order valence-corrected chi connectivity index (χ0v) is 11.1. The number of hydrogen-bond acceptors (Lipinski definition) is 3. The second kappa shape index (κ2) is 5.48. The molecule has 1 saturated carbocycles. The molecule has 4 heteroatoms. The molecule has 1 aromatic rings. The fourth-order valence-electron chi connectivity index (χ4n) is 2.79. The maximum Gasteiger partial charge on any atom is 0.228 e. The third kappa shape index (κ3) is 2.88. The van der Waals surface area contributed by atoms with E-state index in [1.807, 2.05) is 26.0 Å². The van der Waals surface area contributed by atoms with Crippen LogP contribution in [0, 0.1) is 25.7 Å². The second-order valence-electron chi connectivity index (χ2n) is 5.19. The maximum absolute atomic E-state index is 12.2. The summed E-state index contributed by atoms with van der Waals surface area (Å²) in [4.78, 5) is 16.5. The molecule has 1 aromatic heterocycles. The van der Waals surface area contributed by atoms with Crippen molar-refractivity contribution in [2.45, 2.75) is 33.1 Å². The topological polar surface area (TPSA) is 68.0 Å². The molecule has 0 aliphatic heterocycles. The summed E-state index contributed by atoms with van der Waals surface area (Å²) in [5.74, 6) is 1.11. The highest BCUT2D eigenvalue weighted by molar-refractivity contribution is 5.92. The molecule has 4 nitrogen and oxygen atoms in total. The van der Waals surface area contributed by atoms with Crippen LogP contribution in [0.3, 0.4) is 0 Å². The molecule has 1 heterocycles. The second-order valence-corrected chi connectivity index (χ2v) is 5.19. The van der Waals surface area contributed by atoms with E-state index in [1.54, 1.807) is 0 Å². The van der Waals surface area contributed by atoms with Crippen LogP contribution in [0.1, 0.15) is 30.5 Å². The third-order valence-corrected chi connectivity index (χ3v) is 3.65. The molecule has 98 valence electrons. The van der Waals surface area contributed by atoms with Crippen LogP contribution in [-0.2, 0) is 4.79 Å². The predicted molar refractivity (Wildman–Crippen MR) is 72.2 cm³/mol. The molecule has 0 saturated heterocycles. The number of hydrogen-bond donors (Lipinski definition) is 2. The van der Waals surface area contributed by atoms with Gasteiger partial charge in [0.25, 0.3) is 0 Å². The molecule has 0 spiro atoms. The van der Waals surface area contributed by atoms with Gasteiger partial charge in [0.2, 0.25) is 5.91 Å². The fraction of sp³-hybridized carbons (Fsp3) is 0.571. The molecule has 0 radical (unpaired) electrons. The standard InChI is InChI=1S/C14H21N3O/c1-9-6-10(2)16-13(7-9)17-14(18)12-5-3-4-11(12)8-15/h6-7,11-12H,3-5,8,15H2,1-2H3,(H,16,17,18). The van der Waals surface area contributed by atoms with Crippen molar-refractivity contribution < 1.29 is 4.79 Å². The van der Waals surface area contributed by atoms with Crippen molar-refractivity contribution in [3.63, 3.8) is 0 Å². The lowest BCUT2D eigenvalue weighted by Crippen LogP contribution is -2.30. The first-order valence-corrected chi connectivity index (χ1v) is 6.56. The molecular formula is C14H21N3O. The summed E-state index contributed by atoms with van der Waals surface area (Å²) in [6, 6.07) is 3.89. The van der Waals surface area contributed by atoms with Crippen LogP contribution in [0.15, 0.2) is 12.1 Å². The Bertz CT molecular complexity index is 424. The lowest BCUT2D eigenvalue weighted by molar-refractivity contribution is -0.120. The highest BCUT2D eigenvalue weighted by atomic mass is 16.2. The Labute approximate surface area is 108 Å². The van der Waals surface area contributed by atoms with E-state index in [-0.39, 0.29) is 11.8 Å². The first-order valence-electron chi connectivity index (χ1n) is 6.56. The largest absolute Gasteiger partial charge is 0.330 e. The van der Waals surface area contributed by atoms with Gasteiger partial charge in [-0.2, -0.15) is 0 Å². The van der Waals surface area contributed by atoms with Gasteiger partial charge in [-0.25, -0.2) is 4.98 Å². The van der Waals surface area contributed by atoms with Crippen LogP contribution >= 0.6 is 0 Å². The van der Waals surface area contributed by atoms with Crippen molar-refractivity contribution in [1.82, 2.24) is 4.98 Å². The van der Waals surface area contributed by atoms with E-state index < -0.39 is 0 Å². The van der Waals surface area contributed by atoms with Crippen LogP contribution in [0.4, 0.5) is 5.82 Å². The van der Waals surface area contributed by atoms with Crippen LogP contribution < -0.4 is 11.1 Å². The Morgan fingerprint density at radius 2 is 2.22 bits per heavy atom. The molecule has 1 aliphatic rings. The summed E-state index contributed by atoms with van der Waals surface area (Å²) in [5, 5.41) is 2.92. The Morgan fingerprint density at radius 3 is 2.89 bits per heavy atom. The summed E-state index contributed by atoms with van der Waals surface area (Å²) in [6.07, 6.45) is 3.10. The Kier molecular flexibility index (Phi) is 3.97. The third-order valence-electron chi connectivity index (χ3n) is 3.65. The van der Waals surface area contributed by atoms with Gasteiger partial charge in [-0.3, -0.25) is 4.79 Å². The van der Waals surface area contributed by atoms with Crippen molar-refractivity contribution in [1.29, 1.82) is 0 Å². The lowest BCUT2D eigenvalue weighted by atomic mass is 9.95. The zero-order valence-electron chi connectivity index (χ0n) is 11.1. The normalized spacial score (nSPS) is 23.1. The molecule has 0 bridgehead atoms. The first kappa shape index (κ1) is 13.0. The minimum atomic E-state index is 0.0534. The van der Waals surface area contributed by atoms with E-state index >= 15 is 0 Å². The first-order chi connectivity index (χ1) is 8.60. The van der Waals surface area contributed by atoms with Crippen LogP contribution in [0.25, 0.3) is 0 Å². The van der Waals surface area contributed by atoms with Gasteiger partial charge in [-0.1, -0.05) is 6.42 Å². The number of carbonyl (C=O) groups is 1. The van der Waals surface area contributed by atoms with Gasteiger partial charge >= 0.3 is 0 Å². The van der Waals surface area contributed by atoms with Crippen LogP contribution in [0.2, 0.25) is 0 Å². The van der Waals surface area contributed by atoms with Gasteiger partial charge in [-0.05, 0) is 56.8 Å². The van der Waals surface area contributed by atoms with Crippen molar-refractivity contribution in [2.75, 3.05) is 11.9 Å². The number of amides is 1. The van der Waals surface area contributed by atoms with E-state index in [0.717, 1.165) is 30.5 Å². The predicted octanol–water partition coefficient (Wildman–Crippen LogP) is 2.01. The minimum Gasteiger partial charge on any atom is -0.330 e. The average Bonchev–Trinajstić information content (AvgIpc) is 2.75. The van der Waals surface area contributed by atoms with Gasteiger partial charge in [-0.15, -0.1) is 0 Å². The van der Waals surface area contributed by atoms with E-state index in [2.05, 4.69) is 10.3 Å². The summed E-state index contributed by atoms with van der Waals surface area (Å²) in [5.41, 5.74) is 7.74. The van der Waals surface area contributed by atoms with Gasteiger partial charge in [0.1, 0.15) is 5.82 Å².